The first-order valence-electron chi connectivity index (χ1n) is 9.98. The van der Waals surface area contributed by atoms with Crippen molar-refractivity contribution in [1.29, 1.82) is 0 Å². The van der Waals surface area contributed by atoms with Crippen LogP contribution < -0.4 is 4.90 Å². The third kappa shape index (κ3) is 3.83. The lowest BCUT2D eigenvalue weighted by molar-refractivity contribution is -0.121. The normalized spacial score (nSPS) is 17.0. The number of hydrogen-bond donors (Lipinski definition) is 0. The van der Waals surface area contributed by atoms with E-state index < -0.39 is 6.03 Å². The number of urea groups is 1. The molecule has 1 saturated carbocycles. The van der Waals surface area contributed by atoms with Crippen LogP contribution in [0.4, 0.5) is 10.5 Å². The molecule has 1 heterocycles. The highest BCUT2D eigenvalue weighted by Crippen LogP contribution is 2.30. The molecule has 4 rings (SSSR count). The van der Waals surface area contributed by atoms with Crippen molar-refractivity contribution in [2.45, 2.75) is 25.7 Å². The van der Waals surface area contributed by atoms with Gasteiger partial charge in [-0.3, -0.25) is 9.69 Å². The summed E-state index contributed by atoms with van der Waals surface area (Å²) >= 11 is 0. The van der Waals surface area contributed by atoms with Gasteiger partial charge in [0.05, 0.1) is 12.2 Å². The van der Waals surface area contributed by atoms with Crippen molar-refractivity contribution < 1.29 is 14.4 Å². The van der Waals surface area contributed by atoms with Crippen LogP contribution in [0.15, 0.2) is 59.7 Å². The number of Topliss-reactive ketones (excluding diaryl/α,β-unsaturated/α-hetero) is 1. The summed E-state index contributed by atoms with van der Waals surface area (Å²) < 4.78 is 0. The smallest absolute Gasteiger partial charge is 0.301 e. The monoisotopic (exact) mass is 389 g/mol. The first-order valence-corrected chi connectivity index (χ1v) is 9.98. The Morgan fingerprint density at radius 3 is 2.45 bits per heavy atom. The fourth-order valence-corrected chi connectivity index (χ4v) is 4.05. The highest BCUT2D eigenvalue weighted by molar-refractivity contribution is 6.19. The molecule has 0 bridgehead atoms. The van der Waals surface area contributed by atoms with Gasteiger partial charge in [-0.1, -0.05) is 61.4 Å². The molecule has 0 spiro atoms. The largest absolute Gasteiger partial charge is 0.345 e. The van der Waals surface area contributed by atoms with E-state index in [-0.39, 0.29) is 24.8 Å². The minimum atomic E-state index is -0.457. The van der Waals surface area contributed by atoms with E-state index in [9.17, 15) is 14.4 Å². The fraction of sp³-hybridized carbons (Fsp3) is 0.304. The topological polar surface area (TPSA) is 70.1 Å². The summed E-state index contributed by atoms with van der Waals surface area (Å²) in [5.74, 6) is 0.0760. The molecular formula is C23H23N3O3. The van der Waals surface area contributed by atoms with E-state index in [1.54, 1.807) is 0 Å². The number of carbonyl (C=O) groups is 3. The van der Waals surface area contributed by atoms with Gasteiger partial charge in [-0.25, -0.2) is 9.80 Å². The Hall–Kier alpha value is -3.28. The first-order chi connectivity index (χ1) is 14.2. The maximum atomic E-state index is 13.3. The summed E-state index contributed by atoms with van der Waals surface area (Å²) in [6.45, 7) is -0.176. The van der Waals surface area contributed by atoms with Gasteiger partial charge in [0.25, 0.3) is 0 Å². The molecule has 6 heteroatoms. The maximum Gasteiger partial charge on any atom is 0.345 e. The van der Waals surface area contributed by atoms with Gasteiger partial charge >= 0.3 is 6.03 Å². The summed E-state index contributed by atoms with van der Waals surface area (Å²) in [5.41, 5.74) is 2.85. The molecule has 6 nitrogen and oxygen atoms in total. The van der Waals surface area contributed by atoms with Gasteiger partial charge < -0.3 is 4.79 Å². The Kier molecular flexibility index (Phi) is 5.51. The highest BCUT2D eigenvalue weighted by atomic mass is 16.2. The standard InChI is InChI=1S/C23H23N3O3/c27-15-14-26-23(29)25(16-21(28)17-8-4-5-9-17)20-13-7-6-12-19(20)22(24-26)18-10-2-1-3-11-18/h1-3,6-7,10-13,15,17H,4-5,8-9,14,16H2. The Balaban J connectivity index is 1.78. The molecule has 29 heavy (non-hydrogen) atoms. The van der Waals surface area contributed by atoms with Crippen LogP contribution in [-0.4, -0.2) is 41.9 Å². The third-order valence-corrected chi connectivity index (χ3v) is 5.54. The Labute approximate surface area is 169 Å². The van der Waals surface area contributed by atoms with Gasteiger partial charge in [0.2, 0.25) is 0 Å². The van der Waals surface area contributed by atoms with Crippen molar-refractivity contribution in [1.82, 2.24) is 5.01 Å². The Morgan fingerprint density at radius 1 is 1.03 bits per heavy atom. The van der Waals surface area contributed by atoms with Gasteiger partial charge in [0.1, 0.15) is 18.5 Å². The van der Waals surface area contributed by atoms with Crippen LogP contribution in [0.25, 0.3) is 0 Å². The molecule has 0 radical (unpaired) electrons. The molecule has 2 aromatic carbocycles. The molecule has 1 fully saturated rings. The molecule has 0 aromatic heterocycles. The molecular weight excluding hydrogens is 366 g/mol. The van der Waals surface area contributed by atoms with Gasteiger partial charge in [0, 0.05) is 17.0 Å². The van der Waals surface area contributed by atoms with Gasteiger partial charge in [-0.2, -0.15) is 5.10 Å². The van der Waals surface area contributed by atoms with Crippen LogP contribution in [0.2, 0.25) is 0 Å². The SMILES string of the molecule is O=CCN1N=C(c2ccccc2)c2ccccc2N(CC(=O)C2CCCC2)C1=O. The number of nitrogens with zero attached hydrogens (tertiary/aromatic N) is 3. The zero-order valence-electron chi connectivity index (χ0n) is 16.2. The second-order valence-electron chi connectivity index (χ2n) is 7.40. The highest BCUT2D eigenvalue weighted by Gasteiger charge is 2.33. The van der Waals surface area contributed by atoms with E-state index in [0.717, 1.165) is 41.8 Å². The zero-order valence-corrected chi connectivity index (χ0v) is 16.2. The maximum absolute atomic E-state index is 13.3. The lowest BCUT2D eigenvalue weighted by Crippen LogP contribution is -2.44. The summed E-state index contributed by atoms with van der Waals surface area (Å²) in [5, 5.41) is 5.68. The van der Waals surface area contributed by atoms with Crippen molar-refractivity contribution in [2.24, 2.45) is 11.0 Å². The van der Waals surface area contributed by atoms with Gasteiger partial charge in [-0.15, -0.1) is 0 Å². The molecule has 2 aromatic rings. The van der Waals surface area contributed by atoms with Gasteiger partial charge in [0.15, 0.2) is 5.78 Å². The molecule has 2 aliphatic rings. The number of anilines is 1. The summed E-state index contributed by atoms with van der Waals surface area (Å²) in [6, 6.07) is 16.5. The minimum absolute atomic E-state index is 0.00649. The minimum Gasteiger partial charge on any atom is -0.301 e. The van der Waals surface area contributed by atoms with E-state index in [2.05, 4.69) is 5.10 Å². The number of carbonyl (C=O) groups excluding carboxylic acids is 3. The number of rotatable bonds is 6. The number of para-hydroxylation sites is 1. The van der Waals surface area contributed by atoms with Crippen molar-refractivity contribution >= 4 is 29.5 Å². The predicted molar refractivity (Wildman–Crippen MR) is 111 cm³/mol. The number of amides is 2. The van der Waals surface area contributed by atoms with Crippen molar-refractivity contribution in [3.63, 3.8) is 0 Å². The molecule has 1 aliphatic heterocycles. The zero-order chi connectivity index (χ0) is 20.2. The number of fused-ring (bicyclic) bond motifs is 1. The number of ketones is 1. The van der Waals surface area contributed by atoms with Crippen LogP contribution in [0.3, 0.4) is 0 Å². The first kappa shape index (κ1) is 19.1. The average molecular weight is 389 g/mol. The van der Waals surface area contributed by atoms with Crippen LogP contribution in [-0.2, 0) is 9.59 Å². The fourth-order valence-electron chi connectivity index (χ4n) is 4.05. The van der Waals surface area contributed by atoms with E-state index in [1.807, 2.05) is 54.6 Å². The second-order valence-corrected chi connectivity index (χ2v) is 7.40. The summed E-state index contributed by atoms with van der Waals surface area (Å²) in [7, 11) is 0. The van der Waals surface area contributed by atoms with Crippen LogP contribution in [0, 0.1) is 5.92 Å². The third-order valence-electron chi connectivity index (χ3n) is 5.54. The van der Waals surface area contributed by atoms with Crippen LogP contribution in [0.5, 0.6) is 0 Å². The summed E-state index contributed by atoms with van der Waals surface area (Å²) in [6.07, 6.45) is 4.52. The summed E-state index contributed by atoms with van der Waals surface area (Å²) in [4.78, 5) is 38.8. The van der Waals surface area contributed by atoms with Gasteiger partial charge in [-0.05, 0) is 18.9 Å². The number of hydrazone groups is 1. The van der Waals surface area contributed by atoms with Crippen molar-refractivity contribution in [3.8, 4) is 0 Å². The van der Waals surface area contributed by atoms with E-state index >= 15 is 0 Å². The molecule has 0 atom stereocenters. The molecule has 0 saturated heterocycles. The lowest BCUT2D eigenvalue weighted by atomic mass is 9.99. The molecule has 2 amide bonds. The number of aldehydes is 1. The van der Waals surface area contributed by atoms with E-state index in [4.69, 9.17) is 0 Å². The predicted octanol–water partition coefficient (Wildman–Crippen LogP) is 3.64. The van der Waals surface area contributed by atoms with Crippen molar-refractivity contribution in [3.05, 3.63) is 65.7 Å². The van der Waals surface area contributed by atoms with Crippen LogP contribution >= 0.6 is 0 Å². The van der Waals surface area contributed by atoms with Crippen LogP contribution in [0.1, 0.15) is 36.8 Å². The molecule has 0 unspecified atom stereocenters. The Bertz CT molecular complexity index is 949. The lowest BCUT2D eigenvalue weighted by Gasteiger charge is -2.26. The van der Waals surface area contributed by atoms with Crippen molar-refractivity contribution in [2.75, 3.05) is 18.0 Å². The number of benzene rings is 2. The number of hydrogen-bond acceptors (Lipinski definition) is 4. The molecule has 0 N–H and O–H groups in total. The Morgan fingerprint density at radius 2 is 1.72 bits per heavy atom. The van der Waals surface area contributed by atoms with E-state index in [0.29, 0.717) is 17.7 Å². The second kappa shape index (κ2) is 8.39. The molecule has 1 aliphatic carbocycles. The molecule has 148 valence electrons. The quantitative estimate of drug-likeness (QED) is 0.708. The van der Waals surface area contributed by atoms with E-state index in [1.165, 1.54) is 4.90 Å². The average Bonchev–Trinajstić information content (AvgIpc) is 3.27.